The summed E-state index contributed by atoms with van der Waals surface area (Å²) in [4.78, 5) is 12.4. The van der Waals surface area contributed by atoms with E-state index in [4.69, 9.17) is 0 Å². The Balaban J connectivity index is 1.96. The molecule has 0 aliphatic rings. The second kappa shape index (κ2) is 7.37. The highest BCUT2D eigenvalue weighted by Crippen LogP contribution is 2.24. The summed E-state index contributed by atoms with van der Waals surface area (Å²) in [6.45, 7) is 2.88. The molecule has 0 aliphatic carbocycles. The molecule has 2 aromatic carbocycles. The first-order chi connectivity index (χ1) is 12.1. The zero-order chi connectivity index (χ0) is 17.8. The van der Waals surface area contributed by atoms with Crippen molar-refractivity contribution in [3.8, 4) is 6.07 Å². The highest BCUT2D eigenvalue weighted by Gasteiger charge is 2.12. The Morgan fingerprint density at radius 1 is 1.28 bits per heavy atom. The summed E-state index contributed by atoms with van der Waals surface area (Å²) < 4.78 is 2.96. The fourth-order valence-electron chi connectivity index (χ4n) is 2.72. The lowest BCUT2D eigenvalue weighted by Gasteiger charge is -2.04. The van der Waals surface area contributed by atoms with Gasteiger partial charge in [0, 0.05) is 39.4 Å². The first-order valence-electron chi connectivity index (χ1n) is 7.89. The number of anilines is 1. The van der Waals surface area contributed by atoms with Gasteiger partial charge in [-0.05, 0) is 37.3 Å². The van der Waals surface area contributed by atoms with E-state index >= 15 is 0 Å². The van der Waals surface area contributed by atoms with Crippen molar-refractivity contribution in [2.75, 3.05) is 5.32 Å². The van der Waals surface area contributed by atoms with Crippen LogP contribution in [0.25, 0.3) is 17.0 Å². The molecule has 124 valence electrons. The molecule has 0 atom stereocenters. The van der Waals surface area contributed by atoms with Crippen LogP contribution < -0.4 is 5.32 Å². The number of para-hydroxylation sites is 1. The van der Waals surface area contributed by atoms with Crippen molar-refractivity contribution in [3.05, 3.63) is 70.3 Å². The van der Waals surface area contributed by atoms with Crippen LogP contribution in [0.3, 0.4) is 0 Å². The van der Waals surface area contributed by atoms with E-state index in [2.05, 4.69) is 32.7 Å². The van der Waals surface area contributed by atoms with E-state index in [1.54, 1.807) is 18.2 Å². The molecule has 0 saturated carbocycles. The standard InChI is InChI=1S/C20H16BrN3O/c1-2-24-13-15(18-8-3-4-9-19(18)24)10-14(12-22)20(25)23-17-7-5-6-16(21)11-17/h3-11,13H,2H2,1H3,(H,23,25)/b14-10-. The number of amides is 1. The second-order valence-electron chi connectivity index (χ2n) is 5.52. The first kappa shape index (κ1) is 17.0. The minimum absolute atomic E-state index is 0.0685. The number of hydrogen-bond donors (Lipinski definition) is 1. The van der Waals surface area contributed by atoms with E-state index in [1.807, 2.05) is 48.7 Å². The minimum atomic E-state index is -0.422. The van der Waals surface area contributed by atoms with Crippen LogP contribution in [-0.2, 0) is 11.3 Å². The smallest absolute Gasteiger partial charge is 0.266 e. The van der Waals surface area contributed by atoms with Crippen LogP contribution in [0.15, 0.2) is 64.8 Å². The monoisotopic (exact) mass is 393 g/mol. The van der Waals surface area contributed by atoms with Gasteiger partial charge in [0.1, 0.15) is 11.6 Å². The van der Waals surface area contributed by atoms with E-state index in [1.165, 1.54) is 0 Å². The quantitative estimate of drug-likeness (QED) is 0.502. The Hall–Kier alpha value is -2.84. The highest BCUT2D eigenvalue weighted by molar-refractivity contribution is 9.10. The SMILES string of the molecule is CCn1cc(/C=C(/C#N)C(=O)Nc2cccc(Br)c2)c2ccccc21. The number of halogens is 1. The van der Waals surface area contributed by atoms with Crippen molar-refractivity contribution in [2.45, 2.75) is 13.5 Å². The minimum Gasteiger partial charge on any atom is -0.347 e. The van der Waals surface area contributed by atoms with E-state index in [-0.39, 0.29) is 5.57 Å². The van der Waals surface area contributed by atoms with Gasteiger partial charge in [0.15, 0.2) is 0 Å². The molecular weight excluding hydrogens is 378 g/mol. The van der Waals surface area contributed by atoms with Crippen LogP contribution >= 0.6 is 15.9 Å². The van der Waals surface area contributed by atoms with E-state index < -0.39 is 5.91 Å². The molecule has 1 heterocycles. The number of rotatable bonds is 4. The summed E-state index contributed by atoms with van der Waals surface area (Å²) in [6, 6.07) is 17.2. The van der Waals surface area contributed by atoms with Gasteiger partial charge < -0.3 is 9.88 Å². The number of nitrogens with one attached hydrogen (secondary N) is 1. The van der Waals surface area contributed by atoms with Gasteiger partial charge in [0.25, 0.3) is 5.91 Å². The Bertz CT molecular complexity index is 1010. The lowest BCUT2D eigenvalue weighted by molar-refractivity contribution is -0.112. The Labute approximate surface area is 154 Å². The maximum absolute atomic E-state index is 12.4. The second-order valence-corrected chi connectivity index (χ2v) is 6.44. The molecule has 25 heavy (non-hydrogen) atoms. The molecule has 3 aromatic rings. The number of nitrogens with zero attached hydrogens (tertiary/aromatic N) is 2. The Morgan fingerprint density at radius 2 is 2.08 bits per heavy atom. The zero-order valence-corrected chi connectivity index (χ0v) is 15.2. The van der Waals surface area contributed by atoms with Crippen molar-refractivity contribution in [1.29, 1.82) is 5.26 Å². The van der Waals surface area contributed by atoms with Crippen molar-refractivity contribution in [1.82, 2.24) is 4.57 Å². The zero-order valence-electron chi connectivity index (χ0n) is 13.7. The number of aryl methyl sites for hydroxylation is 1. The topological polar surface area (TPSA) is 57.8 Å². The number of carbonyl (C=O) groups is 1. The van der Waals surface area contributed by atoms with Gasteiger partial charge in [-0.3, -0.25) is 4.79 Å². The van der Waals surface area contributed by atoms with Crippen LogP contribution in [0, 0.1) is 11.3 Å². The number of carbonyl (C=O) groups excluding carboxylic acids is 1. The first-order valence-corrected chi connectivity index (χ1v) is 8.68. The molecule has 4 nitrogen and oxygen atoms in total. The van der Waals surface area contributed by atoms with Crippen molar-refractivity contribution in [2.24, 2.45) is 0 Å². The lowest BCUT2D eigenvalue weighted by Crippen LogP contribution is -2.13. The van der Waals surface area contributed by atoms with Gasteiger partial charge in [0.2, 0.25) is 0 Å². The normalized spacial score (nSPS) is 11.3. The number of hydrogen-bond acceptors (Lipinski definition) is 2. The molecular formula is C20H16BrN3O. The van der Waals surface area contributed by atoms with Crippen molar-refractivity contribution < 1.29 is 4.79 Å². The molecule has 3 rings (SSSR count). The van der Waals surface area contributed by atoms with E-state index in [9.17, 15) is 10.1 Å². The van der Waals surface area contributed by atoms with E-state index in [0.29, 0.717) is 5.69 Å². The number of aromatic nitrogens is 1. The molecule has 0 bridgehead atoms. The van der Waals surface area contributed by atoms with Gasteiger partial charge in [-0.15, -0.1) is 0 Å². The lowest BCUT2D eigenvalue weighted by atomic mass is 10.1. The fourth-order valence-corrected chi connectivity index (χ4v) is 3.12. The molecule has 0 spiro atoms. The number of fused-ring (bicyclic) bond motifs is 1. The molecule has 0 fully saturated rings. The molecule has 1 amide bonds. The number of benzene rings is 2. The predicted molar refractivity (Wildman–Crippen MR) is 104 cm³/mol. The summed E-state index contributed by atoms with van der Waals surface area (Å²) >= 11 is 3.36. The van der Waals surface area contributed by atoms with Crippen LogP contribution in [0.2, 0.25) is 0 Å². The van der Waals surface area contributed by atoms with Gasteiger partial charge in [-0.25, -0.2) is 0 Å². The molecule has 0 saturated heterocycles. The maximum atomic E-state index is 12.4. The summed E-state index contributed by atoms with van der Waals surface area (Å²) in [5, 5.41) is 13.2. The third kappa shape index (κ3) is 3.65. The summed E-state index contributed by atoms with van der Waals surface area (Å²) in [5.41, 5.74) is 2.65. The molecule has 0 radical (unpaired) electrons. The summed E-state index contributed by atoms with van der Waals surface area (Å²) in [6.07, 6.45) is 3.61. The third-order valence-corrected chi connectivity index (χ3v) is 4.40. The molecule has 1 N–H and O–H groups in total. The average Bonchev–Trinajstić information content (AvgIpc) is 2.97. The van der Waals surface area contributed by atoms with Crippen LogP contribution in [0.5, 0.6) is 0 Å². The van der Waals surface area contributed by atoms with E-state index in [0.717, 1.165) is 27.5 Å². The van der Waals surface area contributed by atoms with Crippen LogP contribution in [0.1, 0.15) is 12.5 Å². The van der Waals surface area contributed by atoms with Crippen LogP contribution in [-0.4, -0.2) is 10.5 Å². The van der Waals surface area contributed by atoms with Crippen molar-refractivity contribution >= 4 is 44.5 Å². The average molecular weight is 394 g/mol. The largest absolute Gasteiger partial charge is 0.347 e. The maximum Gasteiger partial charge on any atom is 0.266 e. The number of nitriles is 1. The van der Waals surface area contributed by atoms with Gasteiger partial charge in [0.05, 0.1) is 0 Å². The van der Waals surface area contributed by atoms with Gasteiger partial charge in [-0.1, -0.05) is 40.2 Å². The molecule has 0 aliphatic heterocycles. The predicted octanol–water partition coefficient (Wildman–Crippen LogP) is 4.97. The highest BCUT2D eigenvalue weighted by atomic mass is 79.9. The fraction of sp³-hybridized carbons (Fsp3) is 0.100. The molecule has 1 aromatic heterocycles. The Morgan fingerprint density at radius 3 is 2.80 bits per heavy atom. The van der Waals surface area contributed by atoms with Gasteiger partial charge >= 0.3 is 0 Å². The van der Waals surface area contributed by atoms with Gasteiger partial charge in [-0.2, -0.15) is 5.26 Å². The third-order valence-electron chi connectivity index (χ3n) is 3.91. The van der Waals surface area contributed by atoms with Crippen LogP contribution in [0.4, 0.5) is 5.69 Å². The summed E-state index contributed by atoms with van der Waals surface area (Å²) in [5.74, 6) is -0.422. The Kier molecular flexibility index (Phi) is 5.01. The molecule has 0 unspecified atom stereocenters. The summed E-state index contributed by atoms with van der Waals surface area (Å²) in [7, 11) is 0. The molecule has 5 heteroatoms. The van der Waals surface area contributed by atoms with Crippen molar-refractivity contribution in [3.63, 3.8) is 0 Å².